The van der Waals surface area contributed by atoms with Crippen molar-refractivity contribution in [2.75, 3.05) is 7.11 Å². The molecule has 2 nitrogen and oxygen atoms in total. The Kier molecular flexibility index (Phi) is 7.17. The number of ether oxygens (including phenoxy) is 1. The Morgan fingerprint density at radius 2 is 1.00 bits per heavy atom. The van der Waals surface area contributed by atoms with Crippen molar-refractivity contribution < 1.29 is 9.84 Å². The molecule has 0 heterocycles. The maximum absolute atomic E-state index is 11.5. The van der Waals surface area contributed by atoms with Crippen LogP contribution in [0.4, 0.5) is 0 Å². The summed E-state index contributed by atoms with van der Waals surface area (Å²) in [6.45, 7) is 28.9. The average Bonchev–Trinajstić information content (AvgIpc) is 2.63. The molecule has 1 atom stereocenters. The van der Waals surface area contributed by atoms with E-state index in [0.29, 0.717) is 5.75 Å². The molecule has 33 heavy (non-hydrogen) atoms. The Morgan fingerprint density at radius 1 is 0.606 bits per heavy atom. The molecule has 2 aromatic rings. The summed E-state index contributed by atoms with van der Waals surface area (Å²) in [5, 5.41) is 11.5. The van der Waals surface area contributed by atoms with Crippen LogP contribution >= 0.6 is 0 Å². The van der Waals surface area contributed by atoms with E-state index in [-0.39, 0.29) is 27.6 Å². The van der Waals surface area contributed by atoms with E-state index in [1.807, 2.05) is 0 Å². The summed E-state index contributed by atoms with van der Waals surface area (Å²) in [5.41, 5.74) is 6.61. The van der Waals surface area contributed by atoms with Crippen LogP contribution in [0.2, 0.25) is 0 Å². The number of aromatic hydroxyl groups is 1. The second kappa shape index (κ2) is 8.67. The van der Waals surface area contributed by atoms with Gasteiger partial charge < -0.3 is 9.84 Å². The van der Waals surface area contributed by atoms with Gasteiger partial charge in [-0.05, 0) is 38.4 Å². The zero-order valence-corrected chi connectivity index (χ0v) is 23.7. The maximum Gasteiger partial charge on any atom is 0.126 e. The van der Waals surface area contributed by atoms with Gasteiger partial charge in [-0.2, -0.15) is 0 Å². The molecular formula is C31H48O2. The summed E-state index contributed by atoms with van der Waals surface area (Å²) >= 11 is 0. The van der Waals surface area contributed by atoms with Crippen LogP contribution in [0.25, 0.3) is 0 Å². The van der Waals surface area contributed by atoms with E-state index in [1.165, 1.54) is 16.7 Å². The second-order valence-corrected chi connectivity index (χ2v) is 13.8. The number of phenolic OH excluding ortho intramolecular Hbond substituents is 1. The molecule has 0 saturated carbocycles. The monoisotopic (exact) mass is 452 g/mol. The minimum absolute atomic E-state index is 0.00656. The van der Waals surface area contributed by atoms with Gasteiger partial charge in [-0.25, -0.2) is 0 Å². The lowest BCUT2D eigenvalue weighted by Gasteiger charge is -2.32. The van der Waals surface area contributed by atoms with E-state index in [0.717, 1.165) is 22.4 Å². The number of benzene rings is 2. The van der Waals surface area contributed by atoms with Crippen LogP contribution in [-0.2, 0) is 21.7 Å². The fraction of sp³-hybridized carbons (Fsp3) is 0.613. The molecule has 0 unspecified atom stereocenters. The van der Waals surface area contributed by atoms with Gasteiger partial charge in [0.2, 0.25) is 0 Å². The predicted molar refractivity (Wildman–Crippen MR) is 143 cm³/mol. The zero-order valence-electron chi connectivity index (χ0n) is 23.7. The van der Waals surface area contributed by atoms with Crippen LogP contribution in [0.1, 0.15) is 129 Å². The molecule has 0 spiro atoms. The van der Waals surface area contributed by atoms with E-state index in [1.54, 1.807) is 7.11 Å². The lowest BCUT2D eigenvalue weighted by Crippen LogP contribution is -2.20. The van der Waals surface area contributed by atoms with Crippen LogP contribution in [0.3, 0.4) is 0 Å². The Bertz CT molecular complexity index is 1000. The van der Waals surface area contributed by atoms with Crippen LogP contribution < -0.4 is 4.74 Å². The topological polar surface area (TPSA) is 29.5 Å². The summed E-state index contributed by atoms with van der Waals surface area (Å²) in [4.78, 5) is 0. The molecule has 0 fully saturated rings. The summed E-state index contributed by atoms with van der Waals surface area (Å²) in [6, 6.07) is 8.99. The summed E-state index contributed by atoms with van der Waals surface area (Å²) < 4.78 is 6.07. The molecule has 2 rings (SSSR count). The van der Waals surface area contributed by atoms with Crippen LogP contribution in [0, 0.1) is 0 Å². The third kappa shape index (κ3) is 5.76. The van der Waals surface area contributed by atoms with Gasteiger partial charge >= 0.3 is 0 Å². The van der Waals surface area contributed by atoms with Gasteiger partial charge in [-0.1, -0.05) is 114 Å². The number of phenols is 1. The third-order valence-electron chi connectivity index (χ3n) is 6.74. The van der Waals surface area contributed by atoms with Crippen molar-refractivity contribution in [2.45, 2.75) is 118 Å². The molecular weight excluding hydrogens is 404 g/mol. The van der Waals surface area contributed by atoms with Crippen LogP contribution in [-0.4, -0.2) is 12.2 Å². The van der Waals surface area contributed by atoms with E-state index >= 15 is 0 Å². The first kappa shape index (κ1) is 27.3. The highest BCUT2D eigenvalue weighted by Gasteiger charge is 2.31. The van der Waals surface area contributed by atoms with E-state index in [9.17, 15) is 5.11 Å². The molecule has 184 valence electrons. The second-order valence-electron chi connectivity index (χ2n) is 13.8. The van der Waals surface area contributed by atoms with Crippen molar-refractivity contribution in [3.8, 4) is 11.5 Å². The molecule has 2 heteroatoms. The Labute approximate surface area is 203 Å². The lowest BCUT2D eigenvalue weighted by molar-refractivity contribution is 0.389. The highest BCUT2D eigenvalue weighted by Crippen LogP contribution is 2.47. The van der Waals surface area contributed by atoms with Crippen LogP contribution in [0.5, 0.6) is 11.5 Å². The average molecular weight is 453 g/mol. The first-order chi connectivity index (χ1) is 14.7. The molecule has 0 aromatic heterocycles. The SMILES string of the molecule is COc1c([C@@H](C)c2cc(C(C)(C)C)cc(C(C)(C)C)c2O)cc(C(C)(C)C)cc1C(C)(C)C. The molecule has 2 aromatic carbocycles. The van der Waals surface area contributed by atoms with Crippen molar-refractivity contribution in [3.05, 3.63) is 57.6 Å². The highest BCUT2D eigenvalue weighted by atomic mass is 16.5. The minimum atomic E-state index is -0.159. The Balaban J connectivity index is 2.94. The van der Waals surface area contributed by atoms with Gasteiger partial charge in [0.1, 0.15) is 11.5 Å². The molecule has 0 saturated heterocycles. The lowest BCUT2D eigenvalue weighted by atomic mass is 9.74. The van der Waals surface area contributed by atoms with Crippen molar-refractivity contribution in [1.29, 1.82) is 0 Å². The Hall–Kier alpha value is -1.96. The van der Waals surface area contributed by atoms with Gasteiger partial charge in [0.05, 0.1) is 7.11 Å². The first-order valence-corrected chi connectivity index (χ1v) is 12.3. The molecule has 0 aliphatic heterocycles. The van der Waals surface area contributed by atoms with Crippen molar-refractivity contribution >= 4 is 0 Å². The first-order valence-electron chi connectivity index (χ1n) is 12.3. The van der Waals surface area contributed by atoms with Crippen molar-refractivity contribution in [2.24, 2.45) is 0 Å². The summed E-state index contributed by atoms with van der Waals surface area (Å²) in [5.74, 6) is 1.32. The summed E-state index contributed by atoms with van der Waals surface area (Å²) in [7, 11) is 1.77. The molecule has 0 bridgehead atoms. The quantitative estimate of drug-likeness (QED) is 0.504. The van der Waals surface area contributed by atoms with Gasteiger partial charge in [-0.15, -0.1) is 0 Å². The van der Waals surface area contributed by atoms with Crippen LogP contribution in [0.15, 0.2) is 24.3 Å². The molecule has 1 N–H and O–H groups in total. The fourth-order valence-electron chi connectivity index (χ4n) is 4.35. The van der Waals surface area contributed by atoms with Gasteiger partial charge in [0, 0.05) is 22.6 Å². The van der Waals surface area contributed by atoms with Gasteiger partial charge in [0.15, 0.2) is 0 Å². The Morgan fingerprint density at radius 3 is 1.36 bits per heavy atom. The number of rotatable bonds is 3. The molecule has 0 amide bonds. The van der Waals surface area contributed by atoms with Gasteiger partial charge in [-0.3, -0.25) is 0 Å². The largest absolute Gasteiger partial charge is 0.507 e. The molecule has 0 aliphatic rings. The normalized spacial score (nSPS) is 14.4. The van der Waals surface area contributed by atoms with E-state index in [4.69, 9.17) is 4.74 Å². The summed E-state index contributed by atoms with van der Waals surface area (Å²) in [6.07, 6.45) is 0. The minimum Gasteiger partial charge on any atom is -0.507 e. The number of hydrogen-bond donors (Lipinski definition) is 1. The smallest absolute Gasteiger partial charge is 0.126 e. The third-order valence-corrected chi connectivity index (χ3v) is 6.74. The fourth-order valence-corrected chi connectivity index (χ4v) is 4.35. The van der Waals surface area contributed by atoms with Crippen molar-refractivity contribution in [3.63, 3.8) is 0 Å². The van der Waals surface area contributed by atoms with E-state index < -0.39 is 0 Å². The molecule has 0 radical (unpaired) electrons. The maximum atomic E-state index is 11.5. The number of methoxy groups -OCH3 is 1. The van der Waals surface area contributed by atoms with Gasteiger partial charge in [0.25, 0.3) is 0 Å². The predicted octanol–water partition coefficient (Wildman–Crippen LogP) is 8.74. The standard InChI is InChI=1S/C31H48O2/c1-19(22-15-20(28(2,3)4)17-24(26(22)32)30(8,9)10)23-16-21(29(5,6)7)18-25(27(23)33-14)31(11,12)13/h15-19,32H,1-14H3/t19-/m0/s1. The molecule has 0 aliphatic carbocycles. The highest BCUT2D eigenvalue weighted by molar-refractivity contribution is 5.57. The van der Waals surface area contributed by atoms with Crippen molar-refractivity contribution in [1.82, 2.24) is 0 Å². The zero-order chi connectivity index (χ0) is 25.7. The van der Waals surface area contributed by atoms with E-state index in [2.05, 4.69) is 114 Å². The number of hydrogen-bond acceptors (Lipinski definition) is 2.